The zero-order valence-corrected chi connectivity index (χ0v) is 7.88. The maximum Gasteiger partial charge on any atom is 0.134 e. The third-order valence-corrected chi connectivity index (χ3v) is 2.07. The molecule has 0 aliphatic heterocycles. The fourth-order valence-corrected chi connectivity index (χ4v) is 1.29. The standard InChI is InChI=1S/C11H8N4/c12-5-8-1-3-9(4-2-8)10-6-14-7-15-11(10)13/h1-4,6-7H,(H2,13,14,15). The first kappa shape index (κ1) is 9.16. The van der Waals surface area contributed by atoms with Gasteiger partial charge < -0.3 is 5.73 Å². The number of anilines is 1. The first-order valence-corrected chi connectivity index (χ1v) is 4.37. The molecule has 0 bridgehead atoms. The van der Waals surface area contributed by atoms with Crippen LogP contribution in [0.2, 0.25) is 0 Å². The van der Waals surface area contributed by atoms with Crippen molar-refractivity contribution in [2.45, 2.75) is 0 Å². The van der Waals surface area contributed by atoms with Gasteiger partial charge in [0.25, 0.3) is 0 Å². The Kier molecular flexibility index (Phi) is 2.30. The lowest BCUT2D eigenvalue weighted by atomic mass is 10.1. The molecule has 4 heteroatoms. The van der Waals surface area contributed by atoms with Gasteiger partial charge in [-0.15, -0.1) is 0 Å². The monoisotopic (exact) mass is 196 g/mol. The second-order valence-corrected chi connectivity index (χ2v) is 3.01. The Bertz CT molecular complexity index is 511. The maximum absolute atomic E-state index is 8.65. The molecule has 0 radical (unpaired) electrons. The predicted octanol–water partition coefficient (Wildman–Crippen LogP) is 1.60. The fraction of sp³-hybridized carbons (Fsp3) is 0. The van der Waals surface area contributed by atoms with E-state index in [0.29, 0.717) is 11.4 Å². The first-order valence-electron chi connectivity index (χ1n) is 4.37. The average Bonchev–Trinajstić information content (AvgIpc) is 2.30. The van der Waals surface area contributed by atoms with Gasteiger partial charge in [0.1, 0.15) is 12.1 Å². The van der Waals surface area contributed by atoms with Gasteiger partial charge in [-0.2, -0.15) is 5.26 Å². The minimum absolute atomic E-state index is 0.440. The summed E-state index contributed by atoms with van der Waals surface area (Å²) in [6.07, 6.45) is 3.06. The number of hydrogen-bond acceptors (Lipinski definition) is 4. The summed E-state index contributed by atoms with van der Waals surface area (Å²) in [6.45, 7) is 0. The van der Waals surface area contributed by atoms with Crippen molar-refractivity contribution in [1.29, 1.82) is 5.26 Å². The number of nitrogens with zero attached hydrogens (tertiary/aromatic N) is 3. The summed E-state index contributed by atoms with van der Waals surface area (Å²) < 4.78 is 0. The molecule has 1 aromatic carbocycles. The van der Waals surface area contributed by atoms with Crippen LogP contribution in [0.1, 0.15) is 5.56 Å². The molecule has 2 aromatic rings. The van der Waals surface area contributed by atoms with Crippen LogP contribution in [-0.4, -0.2) is 9.97 Å². The molecule has 2 rings (SSSR count). The van der Waals surface area contributed by atoms with Crippen molar-refractivity contribution in [2.75, 3.05) is 5.73 Å². The molecule has 72 valence electrons. The predicted molar refractivity (Wildman–Crippen MR) is 56.6 cm³/mol. The molecule has 0 aliphatic carbocycles. The van der Waals surface area contributed by atoms with Gasteiger partial charge in [-0.3, -0.25) is 0 Å². The molecule has 0 fully saturated rings. The lowest BCUT2D eigenvalue weighted by Gasteiger charge is -2.02. The molecule has 1 heterocycles. The number of nitriles is 1. The molecule has 15 heavy (non-hydrogen) atoms. The zero-order valence-electron chi connectivity index (χ0n) is 7.88. The molecule has 2 N–H and O–H groups in total. The summed E-state index contributed by atoms with van der Waals surface area (Å²) in [6, 6.07) is 9.19. The van der Waals surface area contributed by atoms with Gasteiger partial charge >= 0.3 is 0 Å². The van der Waals surface area contributed by atoms with Gasteiger partial charge in [0, 0.05) is 11.8 Å². The molecule has 4 nitrogen and oxygen atoms in total. The van der Waals surface area contributed by atoms with E-state index in [0.717, 1.165) is 11.1 Å². The molecular formula is C11H8N4. The SMILES string of the molecule is N#Cc1ccc(-c2cncnc2N)cc1. The minimum atomic E-state index is 0.440. The Labute approximate surface area is 87.0 Å². The summed E-state index contributed by atoms with van der Waals surface area (Å²) in [5.41, 5.74) is 8.02. The lowest BCUT2D eigenvalue weighted by molar-refractivity contribution is 1.18. The van der Waals surface area contributed by atoms with E-state index in [9.17, 15) is 0 Å². The summed E-state index contributed by atoms with van der Waals surface area (Å²) in [4.78, 5) is 7.81. The van der Waals surface area contributed by atoms with Crippen LogP contribution < -0.4 is 5.73 Å². The third-order valence-electron chi connectivity index (χ3n) is 2.07. The Morgan fingerprint density at radius 2 is 1.93 bits per heavy atom. The maximum atomic E-state index is 8.65. The van der Waals surface area contributed by atoms with E-state index >= 15 is 0 Å². The van der Waals surface area contributed by atoms with Crippen LogP contribution >= 0.6 is 0 Å². The van der Waals surface area contributed by atoms with Crippen LogP contribution in [-0.2, 0) is 0 Å². The van der Waals surface area contributed by atoms with Crippen molar-refractivity contribution < 1.29 is 0 Å². The molecule has 1 aromatic heterocycles. The van der Waals surface area contributed by atoms with Gasteiger partial charge in [0.2, 0.25) is 0 Å². The molecule has 0 unspecified atom stereocenters. The fourth-order valence-electron chi connectivity index (χ4n) is 1.29. The number of aromatic nitrogens is 2. The molecule has 0 spiro atoms. The first-order chi connectivity index (χ1) is 7.31. The smallest absolute Gasteiger partial charge is 0.134 e. The molecule has 0 atom stereocenters. The van der Waals surface area contributed by atoms with Crippen molar-refractivity contribution in [1.82, 2.24) is 9.97 Å². The van der Waals surface area contributed by atoms with Crippen molar-refractivity contribution in [3.05, 3.63) is 42.4 Å². The largest absolute Gasteiger partial charge is 0.383 e. The van der Waals surface area contributed by atoms with Crippen LogP contribution in [0.4, 0.5) is 5.82 Å². The second-order valence-electron chi connectivity index (χ2n) is 3.01. The second kappa shape index (κ2) is 3.76. The van der Waals surface area contributed by atoms with E-state index in [-0.39, 0.29) is 0 Å². The molecule has 0 saturated heterocycles. The van der Waals surface area contributed by atoms with E-state index in [1.54, 1.807) is 18.3 Å². The number of nitrogen functional groups attached to an aromatic ring is 1. The van der Waals surface area contributed by atoms with Crippen molar-refractivity contribution in [3.63, 3.8) is 0 Å². The number of benzene rings is 1. The Morgan fingerprint density at radius 1 is 1.20 bits per heavy atom. The van der Waals surface area contributed by atoms with E-state index in [2.05, 4.69) is 16.0 Å². The van der Waals surface area contributed by atoms with Crippen LogP contribution in [0.3, 0.4) is 0 Å². The lowest BCUT2D eigenvalue weighted by Crippen LogP contribution is -1.94. The highest BCUT2D eigenvalue weighted by Gasteiger charge is 2.02. The quantitative estimate of drug-likeness (QED) is 0.751. The topological polar surface area (TPSA) is 75.6 Å². The zero-order chi connectivity index (χ0) is 10.7. The summed E-state index contributed by atoms with van der Waals surface area (Å²) in [5, 5.41) is 8.65. The third kappa shape index (κ3) is 1.76. The van der Waals surface area contributed by atoms with Crippen LogP contribution in [0.25, 0.3) is 11.1 Å². The Hall–Kier alpha value is -2.41. The highest BCUT2D eigenvalue weighted by Crippen LogP contribution is 2.22. The van der Waals surface area contributed by atoms with E-state index in [4.69, 9.17) is 11.0 Å². The van der Waals surface area contributed by atoms with Crippen molar-refractivity contribution in [3.8, 4) is 17.2 Å². The van der Waals surface area contributed by atoms with E-state index in [1.165, 1.54) is 6.33 Å². The summed E-state index contributed by atoms with van der Waals surface area (Å²) in [5.74, 6) is 0.440. The Balaban J connectivity index is 2.47. The summed E-state index contributed by atoms with van der Waals surface area (Å²) >= 11 is 0. The highest BCUT2D eigenvalue weighted by molar-refractivity contribution is 5.72. The molecule has 0 amide bonds. The average molecular weight is 196 g/mol. The van der Waals surface area contributed by atoms with Crippen LogP contribution in [0.5, 0.6) is 0 Å². The molecule has 0 aliphatic rings. The number of hydrogen-bond donors (Lipinski definition) is 1. The number of nitrogens with two attached hydrogens (primary N) is 1. The van der Waals surface area contributed by atoms with Gasteiger partial charge in [-0.25, -0.2) is 9.97 Å². The normalized spacial score (nSPS) is 9.53. The minimum Gasteiger partial charge on any atom is -0.383 e. The Morgan fingerprint density at radius 3 is 2.53 bits per heavy atom. The summed E-state index contributed by atoms with van der Waals surface area (Å²) in [7, 11) is 0. The van der Waals surface area contributed by atoms with Crippen LogP contribution in [0, 0.1) is 11.3 Å². The van der Waals surface area contributed by atoms with Gasteiger partial charge in [0.15, 0.2) is 0 Å². The highest BCUT2D eigenvalue weighted by atomic mass is 14.9. The number of rotatable bonds is 1. The molecule has 0 saturated carbocycles. The van der Waals surface area contributed by atoms with Crippen molar-refractivity contribution >= 4 is 5.82 Å². The van der Waals surface area contributed by atoms with Crippen molar-refractivity contribution in [2.24, 2.45) is 0 Å². The van der Waals surface area contributed by atoms with E-state index < -0.39 is 0 Å². The van der Waals surface area contributed by atoms with Crippen LogP contribution in [0.15, 0.2) is 36.8 Å². The molecular weight excluding hydrogens is 188 g/mol. The van der Waals surface area contributed by atoms with E-state index in [1.807, 2.05) is 12.1 Å². The van der Waals surface area contributed by atoms with Gasteiger partial charge in [-0.1, -0.05) is 12.1 Å². The van der Waals surface area contributed by atoms with Gasteiger partial charge in [-0.05, 0) is 17.7 Å². The van der Waals surface area contributed by atoms with Gasteiger partial charge in [0.05, 0.1) is 11.6 Å².